The van der Waals surface area contributed by atoms with E-state index in [9.17, 15) is 4.79 Å². The van der Waals surface area contributed by atoms with Crippen LogP contribution in [-0.2, 0) is 11.2 Å². The van der Waals surface area contributed by atoms with Crippen LogP contribution in [-0.4, -0.2) is 10.9 Å². The van der Waals surface area contributed by atoms with Crippen molar-refractivity contribution in [2.75, 3.05) is 0 Å². The fraction of sp³-hybridized carbons (Fsp3) is 0.500. The summed E-state index contributed by atoms with van der Waals surface area (Å²) >= 11 is 1.61. The van der Waals surface area contributed by atoms with Crippen LogP contribution in [0.2, 0.25) is 0 Å². The van der Waals surface area contributed by atoms with Crippen LogP contribution in [0.1, 0.15) is 31.0 Å². The number of nitrogens with two attached hydrogens (primary N) is 1. The molecule has 0 aliphatic rings. The molecule has 1 atom stereocenters. The molecule has 4 heteroatoms. The minimum absolute atomic E-state index is 0.170. The van der Waals surface area contributed by atoms with Crippen LogP contribution in [0.4, 0.5) is 0 Å². The third kappa shape index (κ3) is 3.46. The van der Waals surface area contributed by atoms with E-state index in [1.54, 1.807) is 11.3 Å². The summed E-state index contributed by atoms with van der Waals surface area (Å²) in [6.07, 6.45) is 3.34. The van der Waals surface area contributed by atoms with E-state index >= 15 is 0 Å². The highest BCUT2D eigenvalue weighted by atomic mass is 32.1. The number of rotatable bonds is 5. The lowest BCUT2D eigenvalue weighted by Crippen LogP contribution is -2.15. The molecule has 0 aromatic carbocycles. The maximum absolute atomic E-state index is 10.6. The second kappa shape index (κ2) is 5.10. The standard InChI is InChI=1S/C10H15N2OS/c1-3-8-6-14-10(12-8)5-7(2)4-9(11)13/h5-7H,3-4H2,1-2H3,(H2,11,13)/t7-/m1/s1. The van der Waals surface area contributed by atoms with Crippen molar-refractivity contribution in [2.45, 2.75) is 26.7 Å². The molecule has 1 heterocycles. The number of aryl methyl sites for hydroxylation is 1. The van der Waals surface area contributed by atoms with Crippen LogP contribution in [0.3, 0.4) is 0 Å². The second-order valence-corrected chi connectivity index (χ2v) is 4.23. The summed E-state index contributed by atoms with van der Waals surface area (Å²) in [5.74, 6) is -0.0932. The summed E-state index contributed by atoms with van der Waals surface area (Å²) in [5.41, 5.74) is 6.21. The normalized spacial score (nSPS) is 12.7. The van der Waals surface area contributed by atoms with Crippen molar-refractivity contribution in [2.24, 2.45) is 11.7 Å². The molecule has 1 aromatic rings. The zero-order chi connectivity index (χ0) is 10.6. The Morgan fingerprint density at radius 1 is 1.79 bits per heavy atom. The lowest BCUT2D eigenvalue weighted by Gasteiger charge is -2.04. The third-order valence-corrected chi connectivity index (χ3v) is 2.74. The molecule has 1 rings (SSSR count). The predicted octanol–water partition coefficient (Wildman–Crippen LogP) is 1.77. The van der Waals surface area contributed by atoms with Crippen molar-refractivity contribution in [3.05, 3.63) is 22.5 Å². The van der Waals surface area contributed by atoms with Crippen molar-refractivity contribution >= 4 is 17.2 Å². The molecular formula is C10H15N2OS. The maximum atomic E-state index is 10.6. The summed E-state index contributed by atoms with van der Waals surface area (Å²) in [6.45, 7) is 4.05. The quantitative estimate of drug-likeness (QED) is 0.807. The first-order valence-electron chi connectivity index (χ1n) is 4.69. The van der Waals surface area contributed by atoms with Crippen LogP contribution in [0.5, 0.6) is 0 Å². The Labute approximate surface area is 88.3 Å². The van der Waals surface area contributed by atoms with Gasteiger partial charge in [0.1, 0.15) is 0 Å². The molecule has 14 heavy (non-hydrogen) atoms. The van der Waals surface area contributed by atoms with E-state index in [2.05, 4.69) is 11.9 Å². The van der Waals surface area contributed by atoms with Gasteiger partial charge in [0.2, 0.25) is 5.91 Å². The molecule has 1 radical (unpaired) electrons. The molecule has 0 aliphatic carbocycles. The number of hydrogen-bond acceptors (Lipinski definition) is 3. The van der Waals surface area contributed by atoms with Crippen molar-refractivity contribution in [3.8, 4) is 0 Å². The van der Waals surface area contributed by atoms with Crippen molar-refractivity contribution in [1.82, 2.24) is 4.98 Å². The minimum Gasteiger partial charge on any atom is -0.370 e. The Hall–Kier alpha value is -0.900. The topological polar surface area (TPSA) is 56.0 Å². The largest absolute Gasteiger partial charge is 0.370 e. The number of carbonyl (C=O) groups is 1. The molecule has 0 fully saturated rings. The summed E-state index contributed by atoms with van der Waals surface area (Å²) in [6, 6.07) is 0. The van der Waals surface area contributed by atoms with E-state index in [0.29, 0.717) is 6.42 Å². The van der Waals surface area contributed by atoms with Crippen molar-refractivity contribution in [1.29, 1.82) is 0 Å². The van der Waals surface area contributed by atoms with Gasteiger partial charge >= 0.3 is 0 Å². The summed E-state index contributed by atoms with van der Waals surface area (Å²) in [5, 5.41) is 3.03. The molecule has 77 valence electrons. The first-order chi connectivity index (χ1) is 6.61. The van der Waals surface area contributed by atoms with E-state index in [4.69, 9.17) is 5.73 Å². The fourth-order valence-corrected chi connectivity index (χ4v) is 2.14. The van der Waals surface area contributed by atoms with Gasteiger partial charge in [-0.2, -0.15) is 0 Å². The number of nitrogens with zero attached hydrogens (tertiary/aromatic N) is 1. The highest BCUT2D eigenvalue weighted by Crippen LogP contribution is 2.18. The zero-order valence-electron chi connectivity index (χ0n) is 8.49. The highest BCUT2D eigenvalue weighted by Gasteiger charge is 2.10. The van der Waals surface area contributed by atoms with E-state index < -0.39 is 0 Å². The number of amides is 1. The first-order valence-corrected chi connectivity index (χ1v) is 5.57. The molecule has 0 saturated heterocycles. The molecule has 3 nitrogen and oxygen atoms in total. The molecule has 0 saturated carbocycles. The van der Waals surface area contributed by atoms with Gasteiger partial charge < -0.3 is 5.73 Å². The molecular weight excluding hydrogens is 196 g/mol. The molecule has 2 N–H and O–H groups in total. The summed E-state index contributed by atoms with van der Waals surface area (Å²) in [7, 11) is 0. The van der Waals surface area contributed by atoms with Crippen LogP contribution >= 0.6 is 11.3 Å². The van der Waals surface area contributed by atoms with E-state index in [1.165, 1.54) is 0 Å². The Bertz CT molecular complexity index is 309. The average Bonchev–Trinajstić information content (AvgIpc) is 2.50. The number of hydrogen-bond donors (Lipinski definition) is 1. The second-order valence-electron chi connectivity index (χ2n) is 3.35. The van der Waals surface area contributed by atoms with E-state index in [1.807, 2.05) is 18.7 Å². The molecule has 0 bridgehead atoms. The summed E-state index contributed by atoms with van der Waals surface area (Å²) < 4.78 is 0. The Kier molecular flexibility index (Phi) is 4.07. The molecule has 0 unspecified atom stereocenters. The van der Waals surface area contributed by atoms with Crippen LogP contribution in [0, 0.1) is 12.3 Å². The van der Waals surface area contributed by atoms with Gasteiger partial charge in [0.05, 0.1) is 10.7 Å². The van der Waals surface area contributed by atoms with Crippen molar-refractivity contribution < 1.29 is 4.79 Å². The van der Waals surface area contributed by atoms with E-state index in [0.717, 1.165) is 17.1 Å². The van der Waals surface area contributed by atoms with Crippen LogP contribution < -0.4 is 5.73 Å². The number of thiazole rings is 1. The van der Waals surface area contributed by atoms with Gasteiger partial charge in [0.25, 0.3) is 0 Å². The average molecular weight is 211 g/mol. The number of primary amides is 1. The highest BCUT2D eigenvalue weighted by molar-refractivity contribution is 7.09. The SMILES string of the molecule is CCc1csc([CH][C@H](C)CC(N)=O)n1. The van der Waals surface area contributed by atoms with Gasteiger partial charge in [-0.05, 0) is 12.3 Å². The van der Waals surface area contributed by atoms with E-state index in [-0.39, 0.29) is 11.8 Å². The predicted molar refractivity (Wildman–Crippen MR) is 57.9 cm³/mol. The van der Waals surface area contributed by atoms with Gasteiger partial charge in [-0.15, -0.1) is 11.3 Å². The Morgan fingerprint density at radius 2 is 2.50 bits per heavy atom. The van der Waals surface area contributed by atoms with Gasteiger partial charge in [0, 0.05) is 18.2 Å². The molecule has 0 aliphatic heterocycles. The van der Waals surface area contributed by atoms with Gasteiger partial charge in [0.15, 0.2) is 0 Å². The Morgan fingerprint density at radius 3 is 3.00 bits per heavy atom. The minimum atomic E-state index is -0.263. The number of carbonyl (C=O) groups excluding carboxylic acids is 1. The van der Waals surface area contributed by atoms with Gasteiger partial charge in [-0.3, -0.25) is 4.79 Å². The first kappa shape index (κ1) is 11.2. The third-order valence-electron chi connectivity index (χ3n) is 1.88. The molecule has 1 amide bonds. The Balaban J connectivity index is 2.47. The monoisotopic (exact) mass is 211 g/mol. The smallest absolute Gasteiger partial charge is 0.217 e. The zero-order valence-corrected chi connectivity index (χ0v) is 9.30. The van der Waals surface area contributed by atoms with Crippen LogP contribution in [0.15, 0.2) is 5.38 Å². The van der Waals surface area contributed by atoms with Gasteiger partial charge in [-0.25, -0.2) is 4.98 Å². The van der Waals surface area contributed by atoms with Crippen LogP contribution in [0.25, 0.3) is 0 Å². The maximum Gasteiger partial charge on any atom is 0.217 e. The number of aromatic nitrogens is 1. The van der Waals surface area contributed by atoms with Crippen molar-refractivity contribution in [3.63, 3.8) is 0 Å². The lowest BCUT2D eigenvalue weighted by atomic mass is 10.0. The molecule has 0 spiro atoms. The summed E-state index contributed by atoms with van der Waals surface area (Å²) in [4.78, 5) is 15.0. The fourth-order valence-electron chi connectivity index (χ4n) is 1.18. The molecule has 1 aromatic heterocycles. The lowest BCUT2D eigenvalue weighted by molar-refractivity contribution is -0.118. The van der Waals surface area contributed by atoms with Gasteiger partial charge in [-0.1, -0.05) is 13.8 Å².